The van der Waals surface area contributed by atoms with Gasteiger partial charge in [0.15, 0.2) is 0 Å². The number of rotatable bonds is 10. The third-order valence-electron chi connectivity index (χ3n) is 7.85. The lowest BCUT2D eigenvalue weighted by molar-refractivity contribution is -0.111. The number of ether oxygens (including phenoxy) is 2. The molecule has 1 saturated carbocycles. The molecule has 2 aromatic carbocycles. The van der Waals surface area contributed by atoms with E-state index in [1.54, 1.807) is 55.2 Å². The molecule has 1 aliphatic rings. The summed E-state index contributed by atoms with van der Waals surface area (Å²) >= 11 is 6.54. The number of hydrogen-bond donors (Lipinski definition) is 2. The molecule has 1 amide bonds. The van der Waals surface area contributed by atoms with Gasteiger partial charge in [0, 0.05) is 48.7 Å². The number of anilines is 1. The van der Waals surface area contributed by atoms with Crippen molar-refractivity contribution in [1.29, 1.82) is 5.26 Å². The molecule has 9 heteroatoms. The average molecular weight is 597 g/mol. The lowest BCUT2D eigenvalue weighted by Gasteiger charge is -2.27. The van der Waals surface area contributed by atoms with Crippen LogP contribution in [-0.2, 0) is 9.53 Å². The van der Waals surface area contributed by atoms with Gasteiger partial charge < -0.3 is 24.5 Å². The van der Waals surface area contributed by atoms with E-state index in [4.69, 9.17) is 21.1 Å². The van der Waals surface area contributed by atoms with Crippen molar-refractivity contribution in [2.75, 3.05) is 26.1 Å². The van der Waals surface area contributed by atoms with E-state index in [0.717, 1.165) is 42.3 Å². The number of carbonyl (C=O) groups is 2. The van der Waals surface area contributed by atoms with Crippen molar-refractivity contribution in [1.82, 2.24) is 9.72 Å². The molecule has 220 valence electrons. The van der Waals surface area contributed by atoms with Crippen LogP contribution in [0.1, 0.15) is 47.3 Å². The Morgan fingerprint density at radius 2 is 1.88 bits per heavy atom. The molecule has 2 aromatic heterocycles. The number of fused-ring (bicyclic) bond motifs is 1. The summed E-state index contributed by atoms with van der Waals surface area (Å²) in [7, 11) is 3.34. The molecule has 0 radical (unpaired) electrons. The third kappa shape index (κ3) is 6.65. The second-order valence-corrected chi connectivity index (χ2v) is 10.8. The minimum Gasteiger partial charge on any atom is -0.496 e. The number of nitrogens with one attached hydrogen (secondary N) is 2. The molecule has 0 saturated heterocycles. The Morgan fingerprint density at radius 3 is 2.63 bits per heavy atom. The van der Waals surface area contributed by atoms with Gasteiger partial charge in [-0.15, -0.1) is 0 Å². The van der Waals surface area contributed by atoms with Gasteiger partial charge in [0.05, 0.1) is 40.7 Å². The first-order valence-electron chi connectivity index (χ1n) is 14.2. The summed E-state index contributed by atoms with van der Waals surface area (Å²) in [6.45, 7) is 0.574. The van der Waals surface area contributed by atoms with Gasteiger partial charge in [0.1, 0.15) is 11.8 Å². The largest absolute Gasteiger partial charge is 0.496 e. The molecule has 0 atom stereocenters. The number of ketones is 1. The molecular formula is C34H33ClN4O4. The molecule has 43 heavy (non-hydrogen) atoms. The third-order valence-corrected chi connectivity index (χ3v) is 8.17. The first-order valence-corrected chi connectivity index (χ1v) is 14.6. The van der Waals surface area contributed by atoms with Crippen LogP contribution < -0.4 is 15.4 Å². The quantitative estimate of drug-likeness (QED) is 0.162. The lowest BCUT2D eigenvalue weighted by Crippen LogP contribution is -2.35. The van der Waals surface area contributed by atoms with Gasteiger partial charge in [-0.1, -0.05) is 29.8 Å². The van der Waals surface area contributed by atoms with Crippen molar-refractivity contribution in [3.8, 4) is 22.9 Å². The number of hydrogen-bond acceptors (Lipinski definition) is 6. The maximum atomic E-state index is 13.6. The Bertz CT molecular complexity index is 1710. The highest BCUT2D eigenvalue weighted by molar-refractivity contribution is 6.34. The fraction of sp³-hybridized carbons (Fsp3) is 0.265. The zero-order valence-corrected chi connectivity index (χ0v) is 24.9. The van der Waals surface area contributed by atoms with E-state index >= 15 is 0 Å². The van der Waals surface area contributed by atoms with Crippen LogP contribution in [-0.4, -0.2) is 49.0 Å². The van der Waals surface area contributed by atoms with Gasteiger partial charge in [-0.25, -0.2) is 0 Å². The van der Waals surface area contributed by atoms with E-state index in [9.17, 15) is 14.9 Å². The lowest BCUT2D eigenvalue weighted by atomic mass is 9.93. The number of methoxy groups -OCH3 is 2. The smallest absolute Gasteiger partial charge is 0.248 e. The molecule has 0 bridgehead atoms. The Labute approximate surface area is 255 Å². The highest BCUT2D eigenvalue weighted by Gasteiger charge is 2.21. The van der Waals surface area contributed by atoms with E-state index in [2.05, 4.69) is 16.7 Å². The van der Waals surface area contributed by atoms with Gasteiger partial charge in [0.2, 0.25) is 11.7 Å². The fourth-order valence-corrected chi connectivity index (χ4v) is 5.85. The van der Waals surface area contributed by atoms with Crippen LogP contribution in [0.25, 0.3) is 16.6 Å². The maximum Gasteiger partial charge on any atom is 0.248 e. The molecule has 2 heterocycles. The summed E-state index contributed by atoms with van der Waals surface area (Å²) < 4.78 is 12.8. The number of halogens is 1. The topological polar surface area (TPSA) is 105 Å². The van der Waals surface area contributed by atoms with Crippen molar-refractivity contribution in [2.45, 2.75) is 37.8 Å². The van der Waals surface area contributed by atoms with Gasteiger partial charge in [-0.05, 0) is 74.2 Å². The van der Waals surface area contributed by atoms with Crippen LogP contribution in [0.4, 0.5) is 5.69 Å². The molecule has 2 N–H and O–H groups in total. The summed E-state index contributed by atoms with van der Waals surface area (Å²) in [5.41, 5.74) is 3.64. The molecule has 5 rings (SSSR count). The summed E-state index contributed by atoms with van der Waals surface area (Å²) in [6.07, 6.45) is 9.53. The number of pyridine rings is 1. The van der Waals surface area contributed by atoms with Crippen molar-refractivity contribution in [3.63, 3.8) is 0 Å². The Kier molecular flexibility index (Phi) is 9.58. The Balaban J connectivity index is 1.29. The zero-order valence-electron chi connectivity index (χ0n) is 24.1. The van der Waals surface area contributed by atoms with E-state index in [-0.39, 0.29) is 17.3 Å². The molecule has 0 unspecified atom stereocenters. The molecule has 1 fully saturated rings. The number of benzene rings is 2. The van der Waals surface area contributed by atoms with Gasteiger partial charge in [-0.2, -0.15) is 5.26 Å². The number of carbonyl (C=O) groups excluding carboxylic acids is 2. The Morgan fingerprint density at radius 1 is 1.07 bits per heavy atom. The summed E-state index contributed by atoms with van der Waals surface area (Å²) in [5, 5.41) is 16.5. The Hall–Kier alpha value is -4.42. The first kappa shape index (κ1) is 30.1. The first-order chi connectivity index (χ1) is 20.9. The standard InChI is InChI=1S/C34H33ClN4O4/c1-42-25-13-11-24(12-14-25)37-18-4-9-32(40)38-28-15-10-22(20-23(28)21-36)34(41)30-17-16-29-26(6-5-19-39(29)30)33-27(35)7-3-8-31(33)43-2/h3-10,15-17,19-20,24-25,37H,11-14,18H2,1-2H3,(H,38,40)/b9-4+. The number of nitrogens with zero attached hydrogens (tertiary/aromatic N) is 2. The predicted molar refractivity (Wildman–Crippen MR) is 168 cm³/mol. The average Bonchev–Trinajstić information content (AvgIpc) is 3.47. The number of nitriles is 1. The zero-order chi connectivity index (χ0) is 30.3. The molecule has 1 aliphatic carbocycles. The van der Waals surface area contributed by atoms with Crippen molar-refractivity contribution < 1.29 is 19.1 Å². The molecular weight excluding hydrogens is 564 g/mol. The van der Waals surface area contributed by atoms with Crippen LogP contribution in [0.3, 0.4) is 0 Å². The molecule has 0 spiro atoms. The van der Waals surface area contributed by atoms with Crippen molar-refractivity contribution in [3.05, 3.63) is 101 Å². The second kappa shape index (κ2) is 13.7. The van der Waals surface area contributed by atoms with Crippen LogP contribution in [0.2, 0.25) is 5.02 Å². The van der Waals surface area contributed by atoms with Gasteiger partial charge in [0.25, 0.3) is 0 Å². The minimum absolute atomic E-state index is 0.197. The van der Waals surface area contributed by atoms with E-state index in [1.807, 2.05) is 30.3 Å². The van der Waals surface area contributed by atoms with E-state index in [1.165, 1.54) is 12.1 Å². The van der Waals surface area contributed by atoms with Crippen LogP contribution >= 0.6 is 11.6 Å². The molecule has 4 aromatic rings. The maximum absolute atomic E-state index is 13.6. The SMILES string of the molecule is COc1cccc(Cl)c1-c1cccn2c(C(=O)c3ccc(NC(=O)/C=C/CNC4CCC(OC)CC4)c(C#N)c3)ccc12. The van der Waals surface area contributed by atoms with Crippen LogP contribution in [0, 0.1) is 11.3 Å². The van der Waals surface area contributed by atoms with Crippen LogP contribution in [0.5, 0.6) is 5.75 Å². The van der Waals surface area contributed by atoms with E-state index in [0.29, 0.717) is 46.4 Å². The van der Waals surface area contributed by atoms with Gasteiger partial charge >= 0.3 is 0 Å². The summed E-state index contributed by atoms with van der Waals surface area (Å²) in [6, 6.07) is 20.0. The van der Waals surface area contributed by atoms with Crippen molar-refractivity contribution in [2.24, 2.45) is 0 Å². The minimum atomic E-state index is -0.347. The van der Waals surface area contributed by atoms with Gasteiger partial charge in [-0.3, -0.25) is 9.59 Å². The van der Waals surface area contributed by atoms with E-state index < -0.39 is 0 Å². The highest BCUT2D eigenvalue weighted by atomic mass is 35.5. The number of amides is 1. The van der Waals surface area contributed by atoms with Crippen LogP contribution in [0.15, 0.2) is 79.0 Å². The predicted octanol–water partition coefficient (Wildman–Crippen LogP) is 6.41. The normalized spacial score (nSPS) is 16.7. The monoisotopic (exact) mass is 596 g/mol. The van der Waals surface area contributed by atoms with Crippen molar-refractivity contribution >= 4 is 34.5 Å². The molecule has 0 aliphatic heterocycles. The molecule has 8 nitrogen and oxygen atoms in total. The highest BCUT2D eigenvalue weighted by Crippen LogP contribution is 2.39. The summed E-state index contributed by atoms with van der Waals surface area (Å²) in [4.78, 5) is 26.2. The summed E-state index contributed by atoms with van der Waals surface area (Å²) in [5.74, 6) is 0.0191. The fourth-order valence-electron chi connectivity index (χ4n) is 5.58. The number of aromatic nitrogens is 1. The second-order valence-electron chi connectivity index (χ2n) is 10.4.